The second-order valence-electron chi connectivity index (χ2n) is 3.40. The Kier molecular flexibility index (Phi) is 3.65. The van der Waals surface area contributed by atoms with Crippen molar-refractivity contribution in [2.24, 2.45) is 0 Å². The van der Waals surface area contributed by atoms with Crippen molar-refractivity contribution in [1.82, 2.24) is 4.90 Å². The number of nitrogens with zero attached hydrogens (tertiary/aromatic N) is 1. The smallest absolute Gasteiger partial charge is 0.153 e. The summed E-state index contributed by atoms with van der Waals surface area (Å²) in [5.41, 5.74) is 1.63. The van der Waals surface area contributed by atoms with E-state index in [9.17, 15) is 4.79 Å². The van der Waals surface area contributed by atoms with E-state index in [4.69, 9.17) is 4.74 Å². The molecule has 0 atom stereocenters. The van der Waals surface area contributed by atoms with Gasteiger partial charge in [0.1, 0.15) is 5.75 Å². The maximum Gasteiger partial charge on any atom is 0.153 e. The molecule has 76 valence electrons. The number of para-hydroxylation sites is 1. The van der Waals surface area contributed by atoms with Crippen LogP contribution in [0.5, 0.6) is 5.75 Å². The Morgan fingerprint density at radius 3 is 2.64 bits per heavy atom. The van der Waals surface area contributed by atoms with E-state index in [2.05, 4.69) is 0 Å². The summed E-state index contributed by atoms with van der Waals surface area (Å²) in [5.74, 6) is 0.677. The highest BCUT2D eigenvalue weighted by Gasteiger charge is 2.08. The van der Waals surface area contributed by atoms with Crippen LogP contribution in [-0.4, -0.2) is 32.4 Å². The van der Waals surface area contributed by atoms with Gasteiger partial charge >= 0.3 is 0 Å². The first-order chi connectivity index (χ1) is 6.69. The molecule has 0 heterocycles. The van der Waals surface area contributed by atoms with Gasteiger partial charge in [0.05, 0.1) is 12.7 Å². The third-order valence-corrected chi connectivity index (χ3v) is 1.94. The van der Waals surface area contributed by atoms with E-state index in [1.807, 2.05) is 31.1 Å². The predicted molar refractivity (Wildman–Crippen MR) is 55.8 cm³/mol. The number of aldehydes is 1. The van der Waals surface area contributed by atoms with Crippen LogP contribution in [0, 0.1) is 0 Å². The van der Waals surface area contributed by atoms with Gasteiger partial charge in [-0.15, -0.1) is 0 Å². The lowest BCUT2D eigenvalue weighted by Crippen LogP contribution is -2.12. The second kappa shape index (κ2) is 4.77. The van der Waals surface area contributed by atoms with Gasteiger partial charge < -0.3 is 9.64 Å². The molecule has 0 N–H and O–H groups in total. The van der Waals surface area contributed by atoms with Crippen molar-refractivity contribution in [2.75, 3.05) is 21.2 Å². The molecular weight excluding hydrogens is 178 g/mol. The molecule has 0 unspecified atom stereocenters. The van der Waals surface area contributed by atoms with Gasteiger partial charge in [-0.1, -0.05) is 12.1 Å². The average molecular weight is 193 g/mol. The SMILES string of the molecule is COc1c(C=O)cccc1CN(C)C. The minimum Gasteiger partial charge on any atom is -0.496 e. The number of carbonyl (C=O) groups is 1. The lowest BCUT2D eigenvalue weighted by Gasteiger charge is -2.14. The Morgan fingerprint density at radius 2 is 2.14 bits per heavy atom. The van der Waals surface area contributed by atoms with Crippen molar-refractivity contribution < 1.29 is 9.53 Å². The average Bonchev–Trinajstić information content (AvgIpc) is 2.16. The van der Waals surface area contributed by atoms with E-state index < -0.39 is 0 Å². The number of carbonyl (C=O) groups excluding carboxylic acids is 1. The molecule has 1 aromatic rings. The molecule has 0 bridgehead atoms. The van der Waals surface area contributed by atoms with Gasteiger partial charge in [-0.2, -0.15) is 0 Å². The summed E-state index contributed by atoms with van der Waals surface area (Å²) in [6.07, 6.45) is 0.817. The molecular formula is C11H15NO2. The van der Waals surface area contributed by atoms with Gasteiger partial charge in [0.15, 0.2) is 6.29 Å². The highest BCUT2D eigenvalue weighted by Crippen LogP contribution is 2.23. The van der Waals surface area contributed by atoms with Crippen molar-refractivity contribution in [3.8, 4) is 5.75 Å². The fourth-order valence-electron chi connectivity index (χ4n) is 1.41. The predicted octanol–water partition coefficient (Wildman–Crippen LogP) is 1.57. The summed E-state index contributed by atoms with van der Waals surface area (Å²) in [5, 5.41) is 0. The van der Waals surface area contributed by atoms with Crippen LogP contribution in [-0.2, 0) is 6.54 Å². The fraction of sp³-hybridized carbons (Fsp3) is 0.364. The minimum absolute atomic E-state index is 0.604. The molecule has 0 aliphatic rings. The van der Waals surface area contributed by atoms with Crippen LogP contribution in [0.1, 0.15) is 15.9 Å². The van der Waals surface area contributed by atoms with E-state index in [1.165, 1.54) is 0 Å². The second-order valence-corrected chi connectivity index (χ2v) is 3.40. The normalized spacial score (nSPS) is 10.3. The maximum absolute atomic E-state index is 10.7. The standard InChI is InChI=1S/C11H15NO2/c1-12(2)7-9-5-4-6-10(8-13)11(9)14-3/h4-6,8H,7H2,1-3H3. The first-order valence-electron chi connectivity index (χ1n) is 4.44. The molecule has 0 aliphatic heterocycles. The molecule has 3 heteroatoms. The Hall–Kier alpha value is -1.35. The lowest BCUT2D eigenvalue weighted by molar-refractivity contribution is 0.112. The van der Waals surface area contributed by atoms with Crippen LogP contribution >= 0.6 is 0 Å². The molecule has 0 fully saturated rings. The Morgan fingerprint density at radius 1 is 1.43 bits per heavy atom. The molecule has 0 saturated carbocycles. The van der Waals surface area contributed by atoms with E-state index in [-0.39, 0.29) is 0 Å². The first-order valence-corrected chi connectivity index (χ1v) is 4.44. The lowest BCUT2D eigenvalue weighted by atomic mass is 10.1. The Bertz CT molecular complexity index is 321. The summed E-state index contributed by atoms with van der Waals surface area (Å²) in [7, 11) is 5.54. The fourth-order valence-corrected chi connectivity index (χ4v) is 1.41. The number of methoxy groups -OCH3 is 1. The van der Waals surface area contributed by atoms with E-state index in [1.54, 1.807) is 13.2 Å². The molecule has 0 spiro atoms. The summed E-state index contributed by atoms with van der Waals surface area (Å²) in [6, 6.07) is 5.59. The zero-order chi connectivity index (χ0) is 10.6. The molecule has 0 saturated heterocycles. The molecule has 0 aromatic heterocycles. The molecule has 0 aliphatic carbocycles. The van der Waals surface area contributed by atoms with Gasteiger partial charge in [0, 0.05) is 12.1 Å². The van der Waals surface area contributed by atoms with Crippen molar-refractivity contribution in [2.45, 2.75) is 6.54 Å². The van der Waals surface area contributed by atoms with Gasteiger partial charge in [-0.25, -0.2) is 0 Å². The third-order valence-electron chi connectivity index (χ3n) is 1.94. The molecule has 0 amide bonds. The monoisotopic (exact) mass is 193 g/mol. The maximum atomic E-state index is 10.7. The quantitative estimate of drug-likeness (QED) is 0.680. The van der Waals surface area contributed by atoms with Gasteiger partial charge in [0.2, 0.25) is 0 Å². The summed E-state index contributed by atoms with van der Waals surface area (Å²) in [4.78, 5) is 12.8. The number of hydrogen-bond donors (Lipinski definition) is 0. The summed E-state index contributed by atoms with van der Waals surface area (Å²) >= 11 is 0. The van der Waals surface area contributed by atoms with Gasteiger partial charge in [-0.3, -0.25) is 4.79 Å². The van der Waals surface area contributed by atoms with Crippen LogP contribution in [0.2, 0.25) is 0 Å². The molecule has 3 nitrogen and oxygen atoms in total. The number of hydrogen-bond acceptors (Lipinski definition) is 3. The topological polar surface area (TPSA) is 29.5 Å². The molecule has 14 heavy (non-hydrogen) atoms. The van der Waals surface area contributed by atoms with Crippen LogP contribution in [0.25, 0.3) is 0 Å². The highest BCUT2D eigenvalue weighted by atomic mass is 16.5. The first kappa shape index (κ1) is 10.7. The van der Waals surface area contributed by atoms with Crippen LogP contribution in [0.4, 0.5) is 0 Å². The largest absolute Gasteiger partial charge is 0.496 e. The van der Waals surface area contributed by atoms with Crippen molar-refractivity contribution in [1.29, 1.82) is 0 Å². The van der Waals surface area contributed by atoms with Crippen molar-refractivity contribution in [3.63, 3.8) is 0 Å². The number of benzene rings is 1. The van der Waals surface area contributed by atoms with Crippen LogP contribution in [0.3, 0.4) is 0 Å². The molecule has 1 rings (SSSR count). The molecule has 1 aromatic carbocycles. The van der Waals surface area contributed by atoms with Crippen LogP contribution in [0.15, 0.2) is 18.2 Å². The van der Waals surface area contributed by atoms with Crippen LogP contribution < -0.4 is 4.74 Å². The number of ether oxygens (including phenoxy) is 1. The minimum atomic E-state index is 0.604. The highest BCUT2D eigenvalue weighted by molar-refractivity contribution is 5.80. The third kappa shape index (κ3) is 2.33. The van der Waals surface area contributed by atoms with Crippen molar-refractivity contribution in [3.05, 3.63) is 29.3 Å². The van der Waals surface area contributed by atoms with Gasteiger partial charge in [-0.05, 0) is 20.2 Å². The summed E-state index contributed by atoms with van der Waals surface area (Å²) in [6.45, 7) is 0.769. The van der Waals surface area contributed by atoms with E-state index in [0.29, 0.717) is 11.3 Å². The van der Waals surface area contributed by atoms with Gasteiger partial charge in [0.25, 0.3) is 0 Å². The Balaban J connectivity index is 3.08. The molecule has 0 radical (unpaired) electrons. The van der Waals surface area contributed by atoms with Crippen molar-refractivity contribution >= 4 is 6.29 Å². The zero-order valence-electron chi connectivity index (χ0n) is 8.78. The van der Waals surface area contributed by atoms with E-state index >= 15 is 0 Å². The zero-order valence-corrected chi connectivity index (χ0v) is 8.78. The Labute approximate surface area is 84.3 Å². The summed E-state index contributed by atoms with van der Waals surface area (Å²) < 4.78 is 5.21. The van der Waals surface area contributed by atoms with E-state index in [0.717, 1.165) is 18.4 Å². The number of rotatable bonds is 4.